The van der Waals surface area contributed by atoms with Crippen LogP contribution in [0.15, 0.2) is 0 Å². The molecule has 21 heavy (non-hydrogen) atoms. The third-order valence-corrected chi connectivity index (χ3v) is 4.81. The van der Waals surface area contributed by atoms with E-state index >= 15 is 0 Å². The van der Waals surface area contributed by atoms with Gasteiger partial charge in [0.05, 0.1) is 10.6 Å². The van der Waals surface area contributed by atoms with Crippen LogP contribution in [0, 0.1) is 13.8 Å². The smallest absolute Gasteiger partial charge is 0.262 e. The summed E-state index contributed by atoms with van der Waals surface area (Å²) >= 11 is 1.48. The molecule has 1 aliphatic rings. The molecule has 2 heterocycles. The highest BCUT2D eigenvalue weighted by Gasteiger charge is 2.29. The molecule has 2 aromatic heterocycles. The summed E-state index contributed by atoms with van der Waals surface area (Å²) in [6, 6.07) is 0. The van der Waals surface area contributed by atoms with Gasteiger partial charge in [-0.15, -0.1) is 11.3 Å². The highest BCUT2D eigenvalue weighted by atomic mass is 32.1. The predicted octanol–water partition coefficient (Wildman–Crippen LogP) is 3.71. The molecule has 0 bridgehead atoms. The molecule has 0 radical (unpaired) electrons. The fourth-order valence-electron chi connectivity index (χ4n) is 2.50. The van der Waals surface area contributed by atoms with Crippen LogP contribution < -0.4 is 5.32 Å². The Morgan fingerprint density at radius 1 is 1.24 bits per heavy atom. The predicted molar refractivity (Wildman–Crippen MR) is 86.1 cm³/mol. The zero-order chi connectivity index (χ0) is 15.4. The van der Waals surface area contributed by atoms with Gasteiger partial charge in [0, 0.05) is 16.8 Å². The summed E-state index contributed by atoms with van der Waals surface area (Å²) in [5.74, 6) is 1.46. The highest BCUT2D eigenvalue weighted by molar-refractivity contribution is 7.20. The fraction of sp³-hybridized carbons (Fsp3) is 0.562. The van der Waals surface area contributed by atoms with Gasteiger partial charge < -0.3 is 5.32 Å². The van der Waals surface area contributed by atoms with Gasteiger partial charge in [-0.3, -0.25) is 4.79 Å². The van der Waals surface area contributed by atoms with Gasteiger partial charge in [0.2, 0.25) is 0 Å². The second-order valence-electron chi connectivity index (χ2n) is 6.88. The van der Waals surface area contributed by atoms with Gasteiger partial charge in [-0.2, -0.15) is 0 Å². The Bertz CT molecular complexity index is 723. The fourth-order valence-corrected chi connectivity index (χ4v) is 3.63. The quantitative estimate of drug-likeness (QED) is 0.920. The molecule has 1 aliphatic carbocycles. The summed E-state index contributed by atoms with van der Waals surface area (Å²) in [6.45, 7) is 9.97. The molecule has 0 atom stereocenters. The Labute approximate surface area is 129 Å². The second-order valence-corrected chi connectivity index (χ2v) is 7.88. The maximum atomic E-state index is 12.4. The minimum absolute atomic E-state index is 0.0182. The first-order valence-electron chi connectivity index (χ1n) is 7.36. The van der Waals surface area contributed by atoms with E-state index < -0.39 is 0 Å². The van der Waals surface area contributed by atoms with Crippen LogP contribution in [0.4, 0.5) is 0 Å². The Kier molecular flexibility index (Phi) is 3.28. The lowest BCUT2D eigenvalue weighted by Crippen LogP contribution is -2.40. The number of nitrogens with zero attached hydrogens (tertiary/aromatic N) is 2. The molecule has 1 N–H and O–H groups in total. The lowest BCUT2D eigenvalue weighted by Gasteiger charge is -2.20. The number of hydrogen-bond acceptors (Lipinski definition) is 4. The summed E-state index contributed by atoms with van der Waals surface area (Å²) in [7, 11) is 0. The lowest BCUT2D eigenvalue weighted by molar-refractivity contribution is 0.0923. The minimum Gasteiger partial charge on any atom is -0.347 e. The monoisotopic (exact) mass is 303 g/mol. The van der Waals surface area contributed by atoms with E-state index in [-0.39, 0.29) is 11.4 Å². The van der Waals surface area contributed by atoms with Crippen LogP contribution in [0.3, 0.4) is 0 Å². The van der Waals surface area contributed by atoms with Gasteiger partial charge in [0.25, 0.3) is 5.91 Å². The zero-order valence-corrected chi connectivity index (χ0v) is 14.0. The van der Waals surface area contributed by atoms with Gasteiger partial charge in [-0.1, -0.05) is 0 Å². The maximum absolute atomic E-state index is 12.4. The van der Waals surface area contributed by atoms with Gasteiger partial charge in [-0.05, 0) is 53.0 Å². The maximum Gasteiger partial charge on any atom is 0.262 e. The van der Waals surface area contributed by atoms with Crippen LogP contribution >= 0.6 is 11.3 Å². The van der Waals surface area contributed by atoms with Crippen LogP contribution in [0.2, 0.25) is 0 Å². The molecule has 2 aromatic rings. The molecule has 0 saturated heterocycles. The van der Waals surface area contributed by atoms with Gasteiger partial charge in [0.1, 0.15) is 10.7 Å². The van der Waals surface area contributed by atoms with Crippen molar-refractivity contribution < 1.29 is 4.79 Å². The molecule has 4 nitrogen and oxygen atoms in total. The first-order chi connectivity index (χ1) is 9.76. The molecular weight excluding hydrogens is 282 g/mol. The standard InChI is InChI=1S/C16H21N3OS/c1-8-11-9(2)17-13(10-6-7-10)18-15(11)21-12(8)14(20)19-16(3,4)5/h10H,6-7H2,1-5H3,(H,19,20). The zero-order valence-electron chi connectivity index (χ0n) is 13.2. The van der Waals surface area contributed by atoms with E-state index in [9.17, 15) is 4.79 Å². The average molecular weight is 303 g/mol. The van der Waals surface area contributed by atoms with Crippen molar-refractivity contribution in [3.63, 3.8) is 0 Å². The van der Waals surface area contributed by atoms with Gasteiger partial charge in [-0.25, -0.2) is 9.97 Å². The average Bonchev–Trinajstić information content (AvgIpc) is 3.12. The van der Waals surface area contributed by atoms with Crippen LogP contribution in [-0.4, -0.2) is 21.4 Å². The topological polar surface area (TPSA) is 54.9 Å². The molecule has 0 unspecified atom stereocenters. The minimum atomic E-state index is -0.237. The number of carbonyl (C=O) groups is 1. The van der Waals surface area contributed by atoms with E-state index in [1.165, 1.54) is 24.2 Å². The Morgan fingerprint density at radius 3 is 2.48 bits per heavy atom. The van der Waals surface area contributed by atoms with E-state index in [0.717, 1.165) is 32.2 Å². The summed E-state index contributed by atoms with van der Waals surface area (Å²) in [5, 5.41) is 4.07. The number of carbonyl (C=O) groups excluding carboxylic acids is 1. The molecule has 1 saturated carbocycles. The summed E-state index contributed by atoms with van der Waals surface area (Å²) in [6.07, 6.45) is 2.37. The Balaban J connectivity index is 2.06. The van der Waals surface area contributed by atoms with Gasteiger partial charge in [0.15, 0.2) is 0 Å². The van der Waals surface area contributed by atoms with Crippen molar-refractivity contribution in [2.45, 2.75) is 58.9 Å². The van der Waals surface area contributed by atoms with E-state index in [2.05, 4.69) is 15.3 Å². The van der Waals surface area contributed by atoms with Crippen molar-refractivity contribution in [2.24, 2.45) is 0 Å². The Hall–Kier alpha value is -1.49. The molecule has 112 valence electrons. The Morgan fingerprint density at radius 2 is 1.90 bits per heavy atom. The third-order valence-electron chi connectivity index (χ3n) is 3.63. The molecule has 1 fully saturated rings. The van der Waals surface area contributed by atoms with E-state index in [0.29, 0.717) is 5.92 Å². The molecule has 1 amide bonds. The lowest BCUT2D eigenvalue weighted by atomic mass is 10.1. The van der Waals surface area contributed by atoms with Crippen molar-refractivity contribution in [1.82, 2.24) is 15.3 Å². The van der Waals surface area contributed by atoms with Crippen LogP contribution in [0.25, 0.3) is 10.2 Å². The molecule has 0 aliphatic heterocycles. The first-order valence-corrected chi connectivity index (χ1v) is 8.18. The molecule has 5 heteroatoms. The second kappa shape index (κ2) is 4.77. The van der Waals surface area contributed by atoms with Crippen molar-refractivity contribution in [2.75, 3.05) is 0 Å². The van der Waals surface area contributed by atoms with Crippen LogP contribution in [-0.2, 0) is 0 Å². The van der Waals surface area contributed by atoms with Crippen molar-refractivity contribution in [1.29, 1.82) is 0 Å². The summed E-state index contributed by atoms with van der Waals surface area (Å²) < 4.78 is 0. The van der Waals surface area contributed by atoms with Crippen LogP contribution in [0.5, 0.6) is 0 Å². The number of aromatic nitrogens is 2. The first kappa shape index (κ1) is 14.4. The number of hydrogen-bond donors (Lipinski definition) is 1. The number of rotatable bonds is 2. The molecule has 0 aromatic carbocycles. The molecule has 3 rings (SSSR count). The van der Waals surface area contributed by atoms with E-state index in [1.54, 1.807) is 0 Å². The molecule has 0 spiro atoms. The SMILES string of the molecule is Cc1nc(C2CC2)nc2sc(C(=O)NC(C)(C)C)c(C)c12. The van der Waals surface area contributed by atoms with Crippen molar-refractivity contribution in [3.8, 4) is 0 Å². The molecular formula is C16H21N3OS. The van der Waals surface area contributed by atoms with E-state index in [4.69, 9.17) is 0 Å². The van der Waals surface area contributed by atoms with Gasteiger partial charge >= 0.3 is 0 Å². The third kappa shape index (κ3) is 2.79. The summed E-state index contributed by atoms with van der Waals surface area (Å²) in [4.78, 5) is 23.5. The normalized spacial score (nSPS) is 15.5. The van der Waals surface area contributed by atoms with E-state index in [1.807, 2.05) is 34.6 Å². The number of fused-ring (bicyclic) bond motifs is 1. The number of thiophene rings is 1. The highest BCUT2D eigenvalue weighted by Crippen LogP contribution is 2.40. The number of amides is 1. The van der Waals surface area contributed by atoms with Crippen molar-refractivity contribution in [3.05, 3.63) is 22.0 Å². The largest absolute Gasteiger partial charge is 0.347 e. The van der Waals surface area contributed by atoms with Crippen LogP contribution in [0.1, 0.15) is 66.3 Å². The van der Waals surface area contributed by atoms with Crippen molar-refractivity contribution >= 4 is 27.5 Å². The number of aryl methyl sites for hydroxylation is 2. The number of nitrogens with one attached hydrogen (secondary N) is 1. The summed E-state index contributed by atoms with van der Waals surface area (Å²) in [5.41, 5.74) is 1.75.